The van der Waals surface area contributed by atoms with Crippen molar-refractivity contribution in [2.24, 2.45) is 0 Å². The van der Waals surface area contributed by atoms with Crippen LogP contribution >= 0.6 is 0 Å². The zero-order valence-corrected chi connectivity index (χ0v) is 11.5. The van der Waals surface area contributed by atoms with Crippen molar-refractivity contribution in [3.63, 3.8) is 0 Å². The Balaban J connectivity index is 4.17. The topological polar surface area (TPSA) is 41.5 Å². The van der Waals surface area contributed by atoms with Gasteiger partial charge < -0.3 is 5.11 Å². The minimum Gasteiger partial charge on any atom is -0.393 e. The summed E-state index contributed by atoms with van der Waals surface area (Å²) >= 11 is 0. The Morgan fingerprint density at radius 1 is 1.44 bits per heavy atom. The number of hydrogen-bond acceptors (Lipinski definition) is 3. The number of allylic oxidation sites excluding steroid dienone is 1. The summed E-state index contributed by atoms with van der Waals surface area (Å²) in [6.07, 6.45) is 3.20. The zero-order chi connectivity index (χ0) is 12.8. The zero-order valence-electron chi connectivity index (χ0n) is 11.5. The molecule has 0 aliphatic heterocycles. The fourth-order valence-corrected chi connectivity index (χ4v) is 1.28. The van der Waals surface area contributed by atoms with E-state index in [-0.39, 0.29) is 17.7 Å². The summed E-state index contributed by atoms with van der Waals surface area (Å²) < 4.78 is 0. The Labute approximate surface area is 99.8 Å². The minimum atomic E-state index is -0.271. The molecule has 0 rings (SSSR count). The molecule has 0 aliphatic rings. The lowest BCUT2D eigenvalue weighted by atomic mass is 10.0. The van der Waals surface area contributed by atoms with Gasteiger partial charge >= 0.3 is 0 Å². The van der Waals surface area contributed by atoms with E-state index < -0.39 is 0 Å². The van der Waals surface area contributed by atoms with E-state index in [0.717, 1.165) is 12.0 Å². The molecular weight excluding hydrogens is 202 g/mol. The Kier molecular flexibility index (Phi) is 6.88. The van der Waals surface area contributed by atoms with Gasteiger partial charge in [0.05, 0.1) is 12.2 Å². The van der Waals surface area contributed by atoms with E-state index in [1.165, 1.54) is 0 Å². The van der Waals surface area contributed by atoms with E-state index in [9.17, 15) is 5.11 Å². The van der Waals surface area contributed by atoms with Gasteiger partial charge in [0.2, 0.25) is 0 Å². The minimum absolute atomic E-state index is 0.00887. The fourth-order valence-electron chi connectivity index (χ4n) is 1.28. The van der Waals surface area contributed by atoms with Crippen LogP contribution in [0.5, 0.6) is 0 Å². The standard InChI is InChI=1S/C13H27NO2/c1-7-11(9-12(15)8-2)10(3)16-14-13(4,5)6/h7,10,12,14-15H,8-9H2,1-6H3/b11-7+. The second kappa shape index (κ2) is 7.05. The molecule has 0 aromatic rings. The summed E-state index contributed by atoms with van der Waals surface area (Å²) in [7, 11) is 0. The van der Waals surface area contributed by atoms with Gasteiger partial charge in [0, 0.05) is 5.54 Å². The summed E-state index contributed by atoms with van der Waals surface area (Å²) in [4.78, 5) is 5.58. The summed E-state index contributed by atoms with van der Waals surface area (Å²) in [5, 5.41) is 9.62. The third-order valence-electron chi connectivity index (χ3n) is 2.38. The maximum absolute atomic E-state index is 9.62. The highest BCUT2D eigenvalue weighted by atomic mass is 16.7. The molecule has 0 amide bonds. The van der Waals surface area contributed by atoms with Crippen molar-refractivity contribution in [2.45, 2.75) is 72.1 Å². The van der Waals surface area contributed by atoms with Crippen LogP contribution in [0.4, 0.5) is 0 Å². The van der Waals surface area contributed by atoms with Crippen molar-refractivity contribution in [1.82, 2.24) is 5.48 Å². The van der Waals surface area contributed by atoms with Crippen LogP contribution in [-0.4, -0.2) is 22.9 Å². The Hall–Kier alpha value is -0.380. The van der Waals surface area contributed by atoms with Crippen molar-refractivity contribution in [2.75, 3.05) is 0 Å². The van der Waals surface area contributed by atoms with Crippen LogP contribution < -0.4 is 5.48 Å². The fraction of sp³-hybridized carbons (Fsp3) is 0.846. The van der Waals surface area contributed by atoms with Crippen LogP contribution in [0.15, 0.2) is 11.6 Å². The van der Waals surface area contributed by atoms with Crippen molar-refractivity contribution in [1.29, 1.82) is 0 Å². The van der Waals surface area contributed by atoms with Gasteiger partial charge in [0.15, 0.2) is 0 Å². The number of nitrogens with one attached hydrogen (secondary N) is 1. The summed E-state index contributed by atoms with van der Waals surface area (Å²) in [6, 6.07) is 0. The molecule has 0 bridgehead atoms. The smallest absolute Gasteiger partial charge is 0.0973 e. The molecule has 0 saturated carbocycles. The molecular formula is C13H27NO2. The molecule has 0 saturated heterocycles. The summed E-state index contributed by atoms with van der Waals surface area (Å²) in [5.74, 6) is 0. The quantitative estimate of drug-likeness (QED) is 0.543. The van der Waals surface area contributed by atoms with Gasteiger partial charge in [-0.05, 0) is 53.0 Å². The highest BCUT2D eigenvalue weighted by Gasteiger charge is 2.16. The Morgan fingerprint density at radius 2 is 2.00 bits per heavy atom. The Morgan fingerprint density at radius 3 is 2.38 bits per heavy atom. The highest BCUT2D eigenvalue weighted by molar-refractivity contribution is 5.07. The van der Waals surface area contributed by atoms with Gasteiger partial charge in [-0.3, -0.25) is 4.84 Å². The van der Waals surface area contributed by atoms with Crippen molar-refractivity contribution < 1.29 is 9.94 Å². The molecule has 96 valence electrons. The Bertz CT molecular complexity index is 218. The number of rotatable bonds is 6. The first kappa shape index (κ1) is 15.6. The molecule has 3 nitrogen and oxygen atoms in total. The average Bonchev–Trinajstić information content (AvgIpc) is 2.21. The second-order valence-electron chi connectivity index (χ2n) is 5.24. The van der Waals surface area contributed by atoms with Crippen LogP contribution in [-0.2, 0) is 4.84 Å². The molecule has 0 spiro atoms. The van der Waals surface area contributed by atoms with Gasteiger partial charge in [0.25, 0.3) is 0 Å². The third-order valence-corrected chi connectivity index (χ3v) is 2.38. The maximum atomic E-state index is 9.62. The van der Waals surface area contributed by atoms with Crippen LogP contribution in [0, 0.1) is 0 Å². The summed E-state index contributed by atoms with van der Waals surface area (Å²) in [5.41, 5.74) is 4.08. The molecule has 2 unspecified atom stereocenters. The molecule has 0 radical (unpaired) electrons. The number of hydrogen-bond donors (Lipinski definition) is 2. The van der Waals surface area contributed by atoms with Gasteiger partial charge in [-0.2, -0.15) is 5.48 Å². The highest BCUT2D eigenvalue weighted by Crippen LogP contribution is 2.15. The van der Waals surface area contributed by atoms with E-state index >= 15 is 0 Å². The van der Waals surface area contributed by atoms with Crippen LogP contribution in [0.1, 0.15) is 54.4 Å². The normalized spacial score (nSPS) is 17.3. The lowest BCUT2D eigenvalue weighted by Gasteiger charge is -2.25. The van der Waals surface area contributed by atoms with Crippen molar-refractivity contribution in [3.8, 4) is 0 Å². The predicted molar refractivity (Wildman–Crippen MR) is 68.1 cm³/mol. The van der Waals surface area contributed by atoms with Crippen LogP contribution in [0.25, 0.3) is 0 Å². The molecule has 0 heterocycles. The predicted octanol–water partition coefficient (Wildman–Crippen LogP) is 2.80. The SMILES string of the molecule is C/C=C(\CC(O)CC)C(C)ONC(C)(C)C. The molecule has 0 aromatic heterocycles. The molecule has 0 aromatic carbocycles. The van der Waals surface area contributed by atoms with Gasteiger partial charge in [-0.1, -0.05) is 13.0 Å². The van der Waals surface area contributed by atoms with Gasteiger partial charge in [-0.25, -0.2) is 0 Å². The maximum Gasteiger partial charge on any atom is 0.0973 e. The van der Waals surface area contributed by atoms with Crippen LogP contribution in [0.3, 0.4) is 0 Å². The van der Waals surface area contributed by atoms with Gasteiger partial charge in [-0.15, -0.1) is 0 Å². The van der Waals surface area contributed by atoms with E-state index in [2.05, 4.69) is 26.3 Å². The van der Waals surface area contributed by atoms with Crippen LogP contribution in [0.2, 0.25) is 0 Å². The second-order valence-corrected chi connectivity index (χ2v) is 5.24. The molecule has 16 heavy (non-hydrogen) atoms. The van der Waals surface area contributed by atoms with Crippen molar-refractivity contribution >= 4 is 0 Å². The molecule has 3 heteroatoms. The van der Waals surface area contributed by atoms with E-state index in [1.807, 2.05) is 26.8 Å². The van der Waals surface area contributed by atoms with E-state index in [0.29, 0.717) is 6.42 Å². The molecule has 0 aliphatic carbocycles. The lowest BCUT2D eigenvalue weighted by Crippen LogP contribution is -2.38. The summed E-state index contributed by atoms with van der Waals surface area (Å²) in [6.45, 7) is 12.1. The number of hydroxylamine groups is 1. The molecule has 2 N–H and O–H groups in total. The number of aliphatic hydroxyl groups excluding tert-OH is 1. The average molecular weight is 229 g/mol. The first-order valence-corrected chi connectivity index (χ1v) is 6.06. The lowest BCUT2D eigenvalue weighted by molar-refractivity contribution is -0.0397. The monoisotopic (exact) mass is 229 g/mol. The van der Waals surface area contributed by atoms with Crippen molar-refractivity contribution in [3.05, 3.63) is 11.6 Å². The van der Waals surface area contributed by atoms with Gasteiger partial charge in [0.1, 0.15) is 0 Å². The first-order valence-electron chi connectivity index (χ1n) is 6.06. The third kappa shape index (κ3) is 6.99. The number of aliphatic hydroxyl groups is 1. The molecule has 2 atom stereocenters. The largest absolute Gasteiger partial charge is 0.393 e. The van der Waals surface area contributed by atoms with E-state index in [4.69, 9.17) is 4.84 Å². The molecule has 0 fully saturated rings. The van der Waals surface area contributed by atoms with E-state index in [1.54, 1.807) is 0 Å². The first-order chi connectivity index (χ1) is 7.30.